The minimum absolute atomic E-state index is 0.309. The predicted octanol–water partition coefficient (Wildman–Crippen LogP) is 2.54. The maximum Gasteiger partial charge on any atom is 0.225 e. The summed E-state index contributed by atoms with van der Waals surface area (Å²) in [5, 5.41) is 0. The molecule has 0 bridgehead atoms. The first kappa shape index (κ1) is 13.4. The molecule has 3 nitrogen and oxygen atoms in total. The summed E-state index contributed by atoms with van der Waals surface area (Å²) in [5.74, 6) is 2.27. The molecule has 0 spiro atoms. The standard InChI is InChI=1S/C16H28N2O/c17-11-12-5-7-14(8-6-12)16(19)18-10-9-13-3-1-2-4-15(13)18/h12-15H,1-11,17H2. The van der Waals surface area contributed by atoms with Gasteiger partial charge in [0.05, 0.1) is 0 Å². The number of carbonyl (C=O) groups excluding carboxylic acids is 1. The molecule has 3 rings (SSSR count). The first-order valence-electron chi connectivity index (χ1n) is 8.30. The number of rotatable bonds is 2. The van der Waals surface area contributed by atoms with Gasteiger partial charge in [0.15, 0.2) is 0 Å². The van der Waals surface area contributed by atoms with E-state index < -0.39 is 0 Å². The van der Waals surface area contributed by atoms with Crippen molar-refractivity contribution < 1.29 is 4.79 Å². The zero-order valence-electron chi connectivity index (χ0n) is 12.0. The van der Waals surface area contributed by atoms with Crippen molar-refractivity contribution in [2.75, 3.05) is 13.1 Å². The quantitative estimate of drug-likeness (QED) is 0.833. The summed E-state index contributed by atoms with van der Waals surface area (Å²) in [6, 6.07) is 0.591. The van der Waals surface area contributed by atoms with Crippen LogP contribution in [0.15, 0.2) is 0 Å². The number of amides is 1. The van der Waals surface area contributed by atoms with E-state index in [4.69, 9.17) is 5.73 Å². The number of hydrogen-bond donors (Lipinski definition) is 1. The van der Waals surface area contributed by atoms with Gasteiger partial charge in [-0.05, 0) is 63.3 Å². The molecule has 0 aromatic rings. The Bertz CT molecular complexity index is 323. The average Bonchev–Trinajstić information content (AvgIpc) is 2.90. The Morgan fingerprint density at radius 2 is 1.74 bits per heavy atom. The van der Waals surface area contributed by atoms with E-state index in [9.17, 15) is 4.79 Å². The van der Waals surface area contributed by atoms with E-state index in [1.807, 2.05) is 0 Å². The third-order valence-electron chi connectivity index (χ3n) is 5.82. The van der Waals surface area contributed by atoms with Crippen LogP contribution < -0.4 is 5.73 Å². The normalized spacial score (nSPS) is 39.1. The molecule has 0 aromatic carbocycles. The number of fused-ring (bicyclic) bond motifs is 1. The van der Waals surface area contributed by atoms with Crippen LogP contribution in [0, 0.1) is 17.8 Å². The number of nitrogens with zero attached hydrogens (tertiary/aromatic N) is 1. The van der Waals surface area contributed by atoms with Crippen molar-refractivity contribution in [3.8, 4) is 0 Å². The Morgan fingerprint density at radius 1 is 1.00 bits per heavy atom. The first-order chi connectivity index (χ1) is 9.29. The van der Waals surface area contributed by atoms with Gasteiger partial charge in [0, 0.05) is 18.5 Å². The second-order valence-corrected chi connectivity index (χ2v) is 6.89. The van der Waals surface area contributed by atoms with E-state index >= 15 is 0 Å². The van der Waals surface area contributed by atoms with Gasteiger partial charge in [0.25, 0.3) is 0 Å². The van der Waals surface area contributed by atoms with Crippen molar-refractivity contribution in [3.05, 3.63) is 0 Å². The van der Waals surface area contributed by atoms with Crippen LogP contribution in [-0.4, -0.2) is 29.9 Å². The largest absolute Gasteiger partial charge is 0.339 e. The number of likely N-dealkylation sites (tertiary alicyclic amines) is 1. The Hall–Kier alpha value is -0.570. The predicted molar refractivity (Wildman–Crippen MR) is 76.6 cm³/mol. The molecule has 1 aliphatic heterocycles. The molecule has 3 aliphatic rings. The number of hydrogen-bond acceptors (Lipinski definition) is 2. The number of nitrogens with two attached hydrogens (primary N) is 1. The molecule has 2 aliphatic carbocycles. The highest BCUT2D eigenvalue weighted by Gasteiger charge is 2.40. The van der Waals surface area contributed by atoms with Gasteiger partial charge in [-0.15, -0.1) is 0 Å². The van der Waals surface area contributed by atoms with Gasteiger partial charge in [-0.1, -0.05) is 12.8 Å². The fourth-order valence-corrected chi connectivity index (χ4v) is 4.56. The van der Waals surface area contributed by atoms with Gasteiger partial charge in [-0.2, -0.15) is 0 Å². The van der Waals surface area contributed by atoms with Gasteiger partial charge in [0.1, 0.15) is 0 Å². The molecule has 1 saturated heterocycles. The van der Waals surface area contributed by atoms with Crippen LogP contribution >= 0.6 is 0 Å². The summed E-state index contributed by atoms with van der Waals surface area (Å²) >= 11 is 0. The first-order valence-corrected chi connectivity index (χ1v) is 8.30. The Balaban J connectivity index is 1.58. The van der Waals surface area contributed by atoms with Gasteiger partial charge < -0.3 is 10.6 Å². The molecule has 3 fully saturated rings. The van der Waals surface area contributed by atoms with Crippen molar-refractivity contribution in [3.63, 3.8) is 0 Å². The van der Waals surface area contributed by atoms with E-state index in [0.29, 0.717) is 23.8 Å². The highest BCUT2D eigenvalue weighted by Crippen LogP contribution is 2.38. The maximum atomic E-state index is 12.7. The summed E-state index contributed by atoms with van der Waals surface area (Å²) in [4.78, 5) is 15.0. The molecule has 1 heterocycles. The van der Waals surface area contributed by atoms with E-state index in [1.54, 1.807) is 0 Å². The van der Waals surface area contributed by atoms with Crippen molar-refractivity contribution in [1.29, 1.82) is 0 Å². The zero-order valence-corrected chi connectivity index (χ0v) is 12.0. The van der Waals surface area contributed by atoms with Crippen molar-refractivity contribution in [1.82, 2.24) is 4.90 Å². The summed E-state index contributed by atoms with van der Waals surface area (Å²) in [5.41, 5.74) is 5.74. The van der Waals surface area contributed by atoms with Crippen molar-refractivity contribution >= 4 is 5.91 Å². The Kier molecular flexibility index (Phi) is 4.11. The second-order valence-electron chi connectivity index (χ2n) is 6.89. The summed E-state index contributed by atoms with van der Waals surface area (Å²) in [7, 11) is 0. The molecule has 2 unspecified atom stereocenters. The summed E-state index contributed by atoms with van der Waals surface area (Å²) < 4.78 is 0. The van der Waals surface area contributed by atoms with Gasteiger partial charge in [-0.25, -0.2) is 0 Å². The van der Waals surface area contributed by atoms with Crippen LogP contribution in [0.5, 0.6) is 0 Å². The van der Waals surface area contributed by atoms with E-state index in [-0.39, 0.29) is 0 Å². The van der Waals surface area contributed by atoms with E-state index in [1.165, 1.54) is 32.1 Å². The molecule has 2 saturated carbocycles. The van der Waals surface area contributed by atoms with E-state index in [2.05, 4.69) is 4.90 Å². The third kappa shape index (κ3) is 2.67. The molecule has 2 atom stereocenters. The monoisotopic (exact) mass is 264 g/mol. The van der Waals surface area contributed by atoms with Crippen LogP contribution in [0.4, 0.5) is 0 Å². The highest BCUT2D eigenvalue weighted by atomic mass is 16.2. The van der Waals surface area contributed by atoms with Crippen molar-refractivity contribution in [2.24, 2.45) is 23.5 Å². The lowest BCUT2D eigenvalue weighted by Gasteiger charge is -2.35. The van der Waals surface area contributed by atoms with Crippen LogP contribution in [0.1, 0.15) is 57.8 Å². The minimum atomic E-state index is 0.309. The average molecular weight is 264 g/mol. The summed E-state index contributed by atoms with van der Waals surface area (Å²) in [6.07, 6.45) is 11.1. The maximum absolute atomic E-state index is 12.7. The fraction of sp³-hybridized carbons (Fsp3) is 0.938. The molecular weight excluding hydrogens is 236 g/mol. The molecule has 3 heteroatoms. The number of carbonyl (C=O) groups is 1. The van der Waals surface area contributed by atoms with Gasteiger partial charge in [0.2, 0.25) is 5.91 Å². The zero-order chi connectivity index (χ0) is 13.2. The topological polar surface area (TPSA) is 46.3 Å². The fourth-order valence-electron chi connectivity index (χ4n) is 4.56. The Labute approximate surface area is 116 Å². The molecule has 0 aromatic heterocycles. The van der Waals surface area contributed by atoms with Crippen LogP contribution in [-0.2, 0) is 4.79 Å². The SMILES string of the molecule is NCC1CCC(C(=O)N2CCC3CCCCC32)CC1. The molecule has 19 heavy (non-hydrogen) atoms. The lowest BCUT2D eigenvalue weighted by Crippen LogP contribution is -2.43. The lowest BCUT2D eigenvalue weighted by atomic mass is 9.80. The molecule has 1 amide bonds. The van der Waals surface area contributed by atoms with Crippen LogP contribution in [0.3, 0.4) is 0 Å². The van der Waals surface area contributed by atoms with Gasteiger partial charge >= 0.3 is 0 Å². The van der Waals surface area contributed by atoms with E-state index in [0.717, 1.165) is 44.7 Å². The molecule has 0 radical (unpaired) electrons. The van der Waals surface area contributed by atoms with Gasteiger partial charge in [-0.3, -0.25) is 4.79 Å². The van der Waals surface area contributed by atoms with Crippen molar-refractivity contribution in [2.45, 2.75) is 63.8 Å². The van der Waals surface area contributed by atoms with Crippen LogP contribution in [0.2, 0.25) is 0 Å². The second kappa shape index (κ2) is 5.82. The lowest BCUT2D eigenvalue weighted by molar-refractivity contribution is -0.138. The molecule has 108 valence electrons. The summed E-state index contributed by atoms with van der Waals surface area (Å²) in [6.45, 7) is 1.83. The molecular formula is C16H28N2O. The highest BCUT2D eigenvalue weighted by molar-refractivity contribution is 5.79. The molecule has 2 N–H and O–H groups in total. The van der Waals surface area contributed by atoms with Crippen LogP contribution in [0.25, 0.3) is 0 Å². The third-order valence-corrected chi connectivity index (χ3v) is 5.82. The Morgan fingerprint density at radius 3 is 2.47 bits per heavy atom. The smallest absolute Gasteiger partial charge is 0.225 e. The minimum Gasteiger partial charge on any atom is -0.339 e.